The maximum absolute atomic E-state index is 11.5. The maximum Gasteiger partial charge on any atom is 0.233 e. The minimum atomic E-state index is 0.157. The summed E-state index contributed by atoms with van der Waals surface area (Å²) >= 11 is 0. The van der Waals surface area contributed by atoms with Crippen molar-refractivity contribution in [2.45, 2.75) is 25.7 Å². The molecule has 0 atom stereocenters. The largest absolute Gasteiger partial charge is 0.355 e. The molecule has 0 unspecified atom stereocenters. The molecule has 2 rings (SSSR count). The van der Waals surface area contributed by atoms with Gasteiger partial charge in [-0.2, -0.15) is 0 Å². The minimum Gasteiger partial charge on any atom is -0.355 e. The fourth-order valence-electron chi connectivity index (χ4n) is 2.30. The Morgan fingerprint density at radius 3 is 2.41 bits per heavy atom. The average Bonchev–Trinajstić information content (AvgIpc) is 3.13. The normalized spacial score (nSPS) is 22.6. The van der Waals surface area contributed by atoms with Gasteiger partial charge in [0.25, 0.3) is 0 Å². The number of hydrogen-bond acceptors (Lipinski definition) is 3. The van der Waals surface area contributed by atoms with E-state index < -0.39 is 0 Å². The minimum absolute atomic E-state index is 0.157. The van der Waals surface area contributed by atoms with Gasteiger partial charge < -0.3 is 15.5 Å². The molecule has 1 aliphatic carbocycles. The average molecular weight is 239 g/mol. The number of nitrogens with zero attached hydrogens (tertiary/aromatic N) is 1. The lowest BCUT2D eigenvalue weighted by Gasteiger charge is -2.28. The molecule has 0 spiro atoms. The lowest BCUT2D eigenvalue weighted by molar-refractivity contribution is -0.120. The number of likely N-dealkylation sites (tertiary alicyclic amines) is 1. The molecule has 0 aromatic heterocycles. The second-order valence-corrected chi connectivity index (χ2v) is 5.63. The zero-order valence-corrected chi connectivity index (χ0v) is 10.9. The molecule has 0 aromatic carbocycles. The molecule has 2 aliphatic rings. The number of carbonyl (C=O) groups is 1. The van der Waals surface area contributed by atoms with Crippen molar-refractivity contribution in [1.82, 2.24) is 15.5 Å². The van der Waals surface area contributed by atoms with Crippen molar-refractivity contribution in [1.29, 1.82) is 0 Å². The van der Waals surface area contributed by atoms with Crippen LogP contribution >= 0.6 is 0 Å². The van der Waals surface area contributed by atoms with E-state index in [1.165, 1.54) is 38.8 Å². The van der Waals surface area contributed by atoms with Crippen molar-refractivity contribution < 1.29 is 4.79 Å². The van der Waals surface area contributed by atoms with E-state index in [1.54, 1.807) is 0 Å². The summed E-state index contributed by atoms with van der Waals surface area (Å²) in [7, 11) is 2.18. The Hall–Kier alpha value is -0.610. The van der Waals surface area contributed by atoms with Gasteiger partial charge in [0.1, 0.15) is 0 Å². The zero-order chi connectivity index (χ0) is 12.1. The van der Waals surface area contributed by atoms with Gasteiger partial charge >= 0.3 is 0 Å². The molecule has 0 bridgehead atoms. The molecule has 1 heterocycles. The molecule has 2 fully saturated rings. The van der Waals surface area contributed by atoms with Gasteiger partial charge in [0.2, 0.25) is 5.91 Å². The maximum atomic E-state index is 11.5. The highest BCUT2D eigenvalue weighted by molar-refractivity contribution is 5.77. The van der Waals surface area contributed by atoms with Crippen LogP contribution in [0.15, 0.2) is 0 Å². The van der Waals surface area contributed by atoms with Crippen LogP contribution in [0, 0.1) is 11.8 Å². The highest BCUT2D eigenvalue weighted by Crippen LogP contribution is 2.27. The van der Waals surface area contributed by atoms with E-state index in [1.807, 2.05) is 0 Å². The first-order chi connectivity index (χ1) is 8.24. The van der Waals surface area contributed by atoms with Gasteiger partial charge in [0.15, 0.2) is 0 Å². The summed E-state index contributed by atoms with van der Waals surface area (Å²) < 4.78 is 0. The summed E-state index contributed by atoms with van der Waals surface area (Å²) in [5, 5.41) is 6.26. The topological polar surface area (TPSA) is 44.4 Å². The first-order valence-electron chi connectivity index (χ1n) is 6.90. The molecule has 4 nitrogen and oxygen atoms in total. The number of nitrogens with one attached hydrogen (secondary N) is 2. The van der Waals surface area contributed by atoms with Crippen molar-refractivity contribution in [3.8, 4) is 0 Å². The van der Waals surface area contributed by atoms with Crippen molar-refractivity contribution >= 4 is 5.91 Å². The van der Waals surface area contributed by atoms with E-state index in [0.717, 1.165) is 24.9 Å². The molecule has 4 heteroatoms. The van der Waals surface area contributed by atoms with Crippen LogP contribution in [-0.2, 0) is 4.79 Å². The van der Waals surface area contributed by atoms with Gasteiger partial charge in [0, 0.05) is 6.54 Å². The third-order valence-corrected chi connectivity index (χ3v) is 3.84. The van der Waals surface area contributed by atoms with Gasteiger partial charge in [-0.05, 0) is 64.2 Å². The van der Waals surface area contributed by atoms with Crippen LogP contribution < -0.4 is 10.6 Å². The van der Waals surface area contributed by atoms with E-state index in [2.05, 4.69) is 22.6 Å². The highest BCUT2D eigenvalue weighted by atomic mass is 16.1. The molecule has 1 aliphatic heterocycles. The standard InChI is InChI=1S/C13H25N3O/c1-16-6-4-12(5-7-16)8-14-10-13(17)15-9-11-2-3-11/h11-12,14H,2-10H2,1H3,(H,15,17). The predicted octanol–water partition coefficient (Wildman–Crippen LogP) is 0.444. The second-order valence-electron chi connectivity index (χ2n) is 5.63. The zero-order valence-electron chi connectivity index (χ0n) is 10.9. The lowest BCUT2D eigenvalue weighted by atomic mass is 9.97. The van der Waals surface area contributed by atoms with Crippen molar-refractivity contribution in [2.75, 3.05) is 39.8 Å². The third-order valence-electron chi connectivity index (χ3n) is 3.84. The fraction of sp³-hybridized carbons (Fsp3) is 0.923. The highest BCUT2D eigenvalue weighted by Gasteiger charge is 2.21. The van der Waals surface area contributed by atoms with Crippen LogP contribution in [0.5, 0.6) is 0 Å². The first-order valence-corrected chi connectivity index (χ1v) is 6.90. The molecule has 2 N–H and O–H groups in total. The van der Waals surface area contributed by atoms with E-state index in [0.29, 0.717) is 6.54 Å². The molecular formula is C13H25N3O. The van der Waals surface area contributed by atoms with Gasteiger partial charge in [-0.15, -0.1) is 0 Å². The Labute approximate surface area is 104 Å². The Morgan fingerprint density at radius 2 is 1.76 bits per heavy atom. The third kappa shape index (κ3) is 5.04. The Morgan fingerprint density at radius 1 is 1.12 bits per heavy atom. The van der Waals surface area contributed by atoms with Gasteiger partial charge in [0.05, 0.1) is 6.54 Å². The molecule has 1 saturated carbocycles. The van der Waals surface area contributed by atoms with Gasteiger partial charge in [-0.25, -0.2) is 0 Å². The van der Waals surface area contributed by atoms with Crippen LogP contribution in [0.3, 0.4) is 0 Å². The summed E-state index contributed by atoms with van der Waals surface area (Å²) in [6.07, 6.45) is 5.10. The van der Waals surface area contributed by atoms with Crippen LogP contribution in [0.25, 0.3) is 0 Å². The predicted molar refractivity (Wildman–Crippen MR) is 68.8 cm³/mol. The Kier molecular flexibility index (Phi) is 4.80. The smallest absolute Gasteiger partial charge is 0.233 e. The first kappa shape index (κ1) is 12.8. The number of amides is 1. The number of carbonyl (C=O) groups excluding carboxylic acids is 1. The van der Waals surface area contributed by atoms with Crippen LogP contribution in [0.1, 0.15) is 25.7 Å². The quantitative estimate of drug-likeness (QED) is 0.707. The van der Waals surface area contributed by atoms with Crippen molar-refractivity contribution in [2.24, 2.45) is 11.8 Å². The Balaban J connectivity index is 1.48. The Bertz CT molecular complexity index is 245. The van der Waals surface area contributed by atoms with Crippen molar-refractivity contribution in [3.05, 3.63) is 0 Å². The van der Waals surface area contributed by atoms with Crippen LogP contribution in [0.2, 0.25) is 0 Å². The molecule has 1 amide bonds. The summed E-state index contributed by atoms with van der Waals surface area (Å²) in [6, 6.07) is 0. The SMILES string of the molecule is CN1CCC(CNCC(=O)NCC2CC2)CC1. The van der Waals surface area contributed by atoms with Crippen LogP contribution in [0.4, 0.5) is 0 Å². The monoisotopic (exact) mass is 239 g/mol. The molecular weight excluding hydrogens is 214 g/mol. The van der Waals surface area contributed by atoms with E-state index >= 15 is 0 Å². The molecule has 17 heavy (non-hydrogen) atoms. The summed E-state index contributed by atoms with van der Waals surface area (Å²) in [5.74, 6) is 1.68. The summed E-state index contributed by atoms with van der Waals surface area (Å²) in [6.45, 7) is 4.75. The molecule has 1 saturated heterocycles. The summed E-state index contributed by atoms with van der Waals surface area (Å²) in [4.78, 5) is 13.9. The molecule has 0 aromatic rings. The number of piperidine rings is 1. The van der Waals surface area contributed by atoms with Gasteiger partial charge in [-0.1, -0.05) is 0 Å². The number of hydrogen-bond donors (Lipinski definition) is 2. The van der Waals surface area contributed by atoms with Crippen molar-refractivity contribution in [3.63, 3.8) is 0 Å². The second kappa shape index (κ2) is 6.36. The van der Waals surface area contributed by atoms with E-state index in [4.69, 9.17) is 0 Å². The van der Waals surface area contributed by atoms with E-state index in [-0.39, 0.29) is 5.91 Å². The fourth-order valence-corrected chi connectivity index (χ4v) is 2.30. The van der Waals surface area contributed by atoms with Crippen LogP contribution in [-0.4, -0.2) is 50.6 Å². The number of rotatable bonds is 6. The summed E-state index contributed by atoms with van der Waals surface area (Å²) in [5.41, 5.74) is 0. The van der Waals surface area contributed by atoms with Gasteiger partial charge in [-0.3, -0.25) is 4.79 Å². The molecule has 0 radical (unpaired) electrons. The van der Waals surface area contributed by atoms with E-state index in [9.17, 15) is 4.79 Å². The molecule has 98 valence electrons. The lowest BCUT2D eigenvalue weighted by Crippen LogP contribution is -2.39.